The van der Waals surface area contributed by atoms with E-state index >= 15 is 0 Å². The monoisotopic (exact) mass is 1620 g/mol. The fourth-order valence-electron chi connectivity index (χ4n) is 14.4. The predicted octanol–water partition coefficient (Wildman–Crippen LogP) is 12.4. The first-order valence-corrected chi connectivity index (χ1v) is 48.6. The lowest BCUT2D eigenvalue weighted by molar-refractivity contribution is -0.118. The van der Waals surface area contributed by atoms with Crippen LogP contribution in [0.1, 0.15) is 165 Å². The first-order valence-electron chi connectivity index (χ1n) is 37.4. The second-order valence-electron chi connectivity index (χ2n) is 33.3. The van der Waals surface area contributed by atoms with Crippen LogP contribution in [0.15, 0.2) is 72.1 Å². The Morgan fingerprint density at radius 1 is 0.482 bits per heavy atom. The van der Waals surface area contributed by atoms with E-state index in [9.17, 15) is 69.5 Å². The van der Waals surface area contributed by atoms with Crippen molar-refractivity contribution in [1.82, 2.24) is 59.6 Å². The molecule has 3 aliphatic heterocycles. The van der Waals surface area contributed by atoms with Crippen molar-refractivity contribution in [3.63, 3.8) is 0 Å². The van der Waals surface area contributed by atoms with E-state index in [1.54, 1.807) is 43.8 Å². The standard InChI is InChI=1S/2C26H30F2N6O3Si.C22H19F2N3O3.C4H11N3Si/c2*1-15-21(24(36)29-16-7-8-17(27)18(28)12-16)19-6-5-11-34(19)22(15)23(35)25(37)30-26(9-10-26)20-13-33(32-31-20)14-38(2,3)4;1-3-22(8-9-22)26-21(30)19(28)18-12(2)17(16-5-4-10-27(16)18)20(29)25-13-6-7-14(23)15(24)11-13;1-8(2,3)4-6-7-5/h2*7-8,12-13H,5-6,9-11,14H2,1-4H3,(H,29,36)(H,30,37);1,6-7,11H,4-5,8-10H2,2H3,(H,25,29)(H,26,30);4H2,1-3H3. The molecule has 0 atom stereocenters. The number of fused-ring (bicyclic) bond motifs is 3. The van der Waals surface area contributed by atoms with Crippen molar-refractivity contribution >= 4 is 94.1 Å². The molecule has 3 aliphatic carbocycles. The number of halogens is 6. The molecule has 0 unspecified atom stereocenters. The van der Waals surface area contributed by atoms with E-state index in [1.165, 1.54) is 18.2 Å². The zero-order valence-electron chi connectivity index (χ0n) is 65.5. The number of nitrogens with zero attached hydrogens (tertiary/aromatic N) is 12. The number of rotatable bonds is 23. The second kappa shape index (κ2) is 32.7. The van der Waals surface area contributed by atoms with E-state index in [0.29, 0.717) is 142 Å². The minimum atomic E-state index is -1.42. The van der Waals surface area contributed by atoms with Crippen LogP contribution in [0.4, 0.5) is 43.4 Å². The van der Waals surface area contributed by atoms with Crippen molar-refractivity contribution < 1.29 is 69.5 Å². The maximum absolute atomic E-state index is 13.6. The molecule has 3 aromatic carbocycles. The van der Waals surface area contributed by atoms with Crippen LogP contribution in [0.25, 0.3) is 10.4 Å². The second-order valence-corrected chi connectivity index (χ2v) is 49.6. The average Bonchev–Trinajstić information content (AvgIpc) is 1.60. The summed E-state index contributed by atoms with van der Waals surface area (Å²) >= 11 is 0. The number of benzene rings is 3. The van der Waals surface area contributed by atoms with E-state index in [2.05, 4.69) is 127 Å². The molecule has 0 saturated heterocycles. The van der Waals surface area contributed by atoms with Crippen molar-refractivity contribution in [2.75, 3.05) is 22.1 Å². The molecule has 5 aromatic heterocycles. The lowest BCUT2D eigenvalue weighted by Crippen LogP contribution is -2.41. The highest BCUT2D eigenvalue weighted by atomic mass is 28.3. The van der Waals surface area contributed by atoms with Crippen molar-refractivity contribution in [2.24, 2.45) is 5.11 Å². The number of nitrogens with one attached hydrogen (secondary N) is 6. The number of hydrogen-bond donors (Lipinski definition) is 6. The largest absolute Gasteiger partial charge is 0.341 e. The first kappa shape index (κ1) is 83.6. The SMILES string of the molecule is C#CC1(NC(=O)C(=O)c2c(C)c(C(=O)Nc3ccc(F)c(F)c3)c3n2CCC3)CC1.C[Si](C)(C)CN=[N+]=[N-].Cc1c(C(=O)Nc2ccc(F)c(F)c2)c2n(c1C(=O)C(=O)NC1(c3cn(C[Si](C)(C)C)nn3)CC1)CCC2.Cc1c(C(=O)Nc2ccc(F)c(F)c2)c2n(c1C(=O)C(=O)NC1(c3cn(C[Si](C)(C)C)nn3)CC1)CCC2. The van der Waals surface area contributed by atoms with E-state index in [4.69, 9.17) is 12.0 Å². The Morgan fingerprint density at radius 2 is 0.798 bits per heavy atom. The number of carbonyl (C=O) groups is 9. The Labute approximate surface area is 656 Å². The van der Waals surface area contributed by atoms with Crippen LogP contribution in [-0.4, -0.2) is 132 Å². The molecule has 600 valence electrons. The highest BCUT2D eigenvalue weighted by molar-refractivity contribution is 6.76. The Bertz CT molecular complexity index is 5120. The molecule has 6 aliphatic rings. The number of azide groups is 1. The fraction of sp³-hybridized carbons (Fsp3) is 0.423. The van der Waals surface area contributed by atoms with Crippen molar-refractivity contribution in [3.05, 3.63) is 191 Å². The lowest BCUT2D eigenvalue weighted by Gasteiger charge is -2.16. The summed E-state index contributed by atoms with van der Waals surface area (Å²) in [5.74, 6) is -9.95. The summed E-state index contributed by atoms with van der Waals surface area (Å²) in [6.45, 7) is 26.2. The summed E-state index contributed by atoms with van der Waals surface area (Å²) in [4.78, 5) is 121. The molecule has 0 spiro atoms. The third-order valence-corrected chi connectivity index (χ3v) is 23.9. The first-order chi connectivity index (χ1) is 53.6. The van der Waals surface area contributed by atoms with Gasteiger partial charge >= 0.3 is 0 Å². The summed E-state index contributed by atoms with van der Waals surface area (Å²) < 4.78 is 89.2. The molecule has 8 aromatic rings. The number of Topliss-reactive ketones (excluding diaryl/α,β-unsaturated/α-hetero) is 3. The van der Waals surface area contributed by atoms with E-state index in [0.717, 1.165) is 55.2 Å². The molecule has 27 nitrogen and oxygen atoms in total. The summed E-state index contributed by atoms with van der Waals surface area (Å²) in [6, 6.07) is 9.22. The van der Waals surface area contributed by atoms with Crippen LogP contribution in [0.3, 0.4) is 0 Å². The van der Waals surface area contributed by atoms with E-state index in [1.807, 2.05) is 12.4 Å². The molecule has 14 rings (SSSR count). The van der Waals surface area contributed by atoms with Gasteiger partial charge in [0.2, 0.25) is 0 Å². The number of hydrogen-bond acceptors (Lipinski definition) is 14. The van der Waals surface area contributed by atoms with Gasteiger partial charge in [0, 0.05) is 95.4 Å². The van der Waals surface area contributed by atoms with Crippen LogP contribution in [0.5, 0.6) is 0 Å². The minimum Gasteiger partial charge on any atom is -0.341 e. The zero-order chi connectivity index (χ0) is 83.1. The smallest absolute Gasteiger partial charge is 0.295 e. The molecule has 114 heavy (non-hydrogen) atoms. The Hall–Kier alpha value is -11.3. The predicted molar refractivity (Wildman–Crippen MR) is 420 cm³/mol. The summed E-state index contributed by atoms with van der Waals surface area (Å²) in [5.41, 5.74) is 11.7. The topological polar surface area (TPSA) is 351 Å². The molecule has 3 fully saturated rings. The van der Waals surface area contributed by atoms with Gasteiger partial charge in [0.25, 0.3) is 52.8 Å². The maximum Gasteiger partial charge on any atom is 0.295 e. The molecule has 36 heteroatoms. The molecule has 6 amide bonds. The Kier molecular flexibility index (Phi) is 24.0. The molecule has 0 radical (unpaired) electrons. The van der Waals surface area contributed by atoms with Gasteiger partial charge in [-0.15, -0.1) is 16.6 Å². The van der Waals surface area contributed by atoms with Gasteiger partial charge in [0.05, 0.1) is 81.5 Å². The zero-order valence-corrected chi connectivity index (χ0v) is 68.5. The van der Waals surface area contributed by atoms with Crippen LogP contribution >= 0.6 is 0 Å². The average molecular weight is 1620 g/mol. The van der Waals surface area contributed by atoms with Crippen LogP contribution < -0.4 is 31.9 Å². The molecular weight excluding hydrogens is 1530 g/mol. The molecule has 0 bridgehead atoms. The number of terminal acetylenes is 1. The minimum absolute atomic E-state index is 0.0894. The molecular formula is C78H90F6N18O9Si3. The van der Waals surface area contributed by atoms with Gasteiger partial charge in [-0.25, -0.2) is 26.3 Å². The quantitative estimate of drug-likeness (QED) is 0.00507. The van der Waals surface area contributed by atoms with Crippen LogP contribution in [0, 0.1) is 68.0 Å². The molecule has 3 saturated carbocycles. The van der Waals surface area contributed by atoms with Gasteiger partial charge in [0.15, 0.2) is 34.9 Å². The highest BCUT2D eigenvalue weighted by Gasteiger charge is 2.52. The van der Waals surface area contributed by atoms with Crippen molar-refractivity contribution in [1.29, 1.82) is 0 Å². The normalized spacial score (nSPS) is 15.4. The lowest BCUT2D eigenvalue weighted by atomic mass is 10.0. The highest BCUT2D eigenvalue weighted by Crippen LogP contribution is 2.46. The van der Waals surface area contributed by atoms with Gasteiger partial charge in [-0.1, -0.05) is 80.4 Å². The van der Waals surface area contributed by atoms with Gasteiger partial charge in [-0.05, 0) is 156 Å². The maximum atomic E-state index is 13.6. The van der Waals surface area contributed by atoms with Gasteiger partial charge < -0.3 is 45.6 Å². The van der Waals surface area contributed by atoms with Gasteiger partial charge in [0.1, 0.15) is 16.9 Å². The van der Waals surface area contributed by atoms with Gasteiger partial charge in [-0.2, -0.15) is 0 Å². The Balaban J connectivity index is 0.000000162. The number of aromatic nitrogens is 9. The number of amides is 6. The third kappa shape index (κ3) is 18.6. The summed E-state index contributed by atoms with van der Waals surface area (Å²) in [5, 5.41) is 36.5. The number of anilines is 3. The van der Waals surface area contributed by atoms with E-state index < -0.39 is 129 Å². The third-order valence-electron chi connectivity index (χ3n) is 20.2. The number of carbonyl (C=O) groups excluding carboxylic acids is 9. The number of ketones is 3. The van der Waals surface area contributed by atoms with Gasteiger partial charge in [-0.3, -0.25) is 52.5 Å². The van der Waals surface area contributed by atoms with Crippen LogP contribution in [0.2, 0.25) is 58.9 Å². The molecule has 8 heterocycles. The van der Waals surface area contributed by atoms with E-state index in [-0.39, 0.29) is 50.8 Å². The summed E-state index contributed by atoms with van der Waals surface area (Å²) in [7, 11) is -3.94. The fourth-order valence-corrected chi connectivity index (χ4v) is 17.1. The van der Waals surface area contributed by atoms with Crippen molar-refractivity contribution in [2.45, 2.75) is 205 Å². The molecule has 6 N–H and O–H groups in total. The van der Waals surface area contributed by atoms with Crippen LogP contribution in [-0.2, 0) is 76.7 Å². The summed E-state index contributed by atoms with van der Waals surface area (Å²) in [6.07, 6.45) is 19.1. The Morgan fingerprint density at radius 3 is 1.05 bits per heavy atom. The van der Waals surface area contributed by atoms with Crippen molar-refractivity contribution in [3.8, 4) is 12.3 Å².